The van der Waals surface area contributed by atoms with E-state index in [1.165, 1.54) is 22.7 Å². The fourth-order valence-corrected chi connectivity index (χ4v) is 2.27. The maximum atomic E-state index is 4.97. The molecular formula is C13H17N3OS. The van der Waals surface area contributed by atoms with Crippen molar-refractivity contribution in [3.8, 4) is 0 Å². The van der Waals surface area contributed by atoms with Crippen LogP contribution in [0.25, 0.3) is 0 Å². The molecule has 96 valence electrons. The maximum Gasteiger partial charge on any atom is 0.202 e. The summed E-state index contributed by atoms with van der Waals surface area (Å²) in [4.78, 5) is 4.45. The van der Waals surface area contributed by atoms with E-state index in [1.807, 2.05) is 0 Å². The van der Waals surface area contributed by atoms with Crippen LogP contribution < -0.4 is 5.32 Å². The number of rotatable bonds is 6. The Kier molecular flexibility index (Phi) is 4.66. The molecule has 0 spiro atoms. The molecule has 2 aromatic rings. The average molecular weight is 263 g/mol. The molecule has 1 N–H and O–H groups in total. The van der Waals surface area contributed by atoms with Gasteiger partial charge in [0.25, 0.3) is 0 Å². The van der Waals surface area contributed by atoms with E-state index < -0.39 is 0 Å². The third-order valence-corrected chi connectivity index (χ3v) is 3.21. The fourth-order valence-electron chi connectivity index (χ4n) is 1.66. The Labute approximate surface area is 111 Å². The number of aromatic nitrogens is 2. The van der Waals surface area contributed by atoms with Crippen molar-refractivity contribution in [2.75, 3.05) is 25.6 Å². The van der Waals surface area contributed by atoms with Crippen LogP contribution in [-0.4, -0.2) is 29.6 Å². The third-order valence-electron chi connectivity index (χ3n) is 2.50. The molecule has 1 aromatic heterocycles. The van der Waals surface area contributed by atoms with Crippen molar-refractivity contribution in [3.05, 3.63) is 41.2 Å². The molecule has 5 heteroatoms. The van der Waals surface area contributed by atoms with Crippen molar-refractivity contribution in [1.29, 1.82) is 0 Å². The summed E-state index contributed by atoms with van der Waals surface area (Å²) in [6.45, 7) is 3.53. The first kappa shape index (κ1) is 13.0. The Bertz CT molecular complexity index is 498. The topological polar surface area (TPSA) is 47.0 Å². The first-order valence-corrected chi connectivity index (χ1v) is 6.66. The minimum absolute atomic E-state index is 0.673. The second-order valence-electron chi connectivity index (χ2n) is 4.10. The maximum absolute atomic E-state index is 4.97. The third kappa shape index (κ3) is 3.78. The van der Waals surface area contributed by atoms with Crippen LogP contribution >= 0.6 is 11.5 Å². The molecule has 2 rings (SSSR count). The summed E-state index contributed by atoms with van der Waals surface area (Å²) in [5.74, 6) is 0.866. The molecule has 18 heavy (non-hydrogen) atoms. The van der Waals surface area contributed by atoms with Gasteiger partial charge in [0.2, 0.25) is 5.13 Å². The zero-order chi connectivity index (χ0) is 12.8. The largest absolute Gasteiger partial charge is 0.383 e. The number of anilines is 1. The van der Waals surface area contributed by atoms with Gasteiger partial charge >= 0.3 is 0 Å². The van der Waals surface area contributed by atoms with Crippen molar-refractivity contribution in [2.45, 2.75) is 13.3 Å². The minimum atomic E-state index is 0.673. The predicted octanol–water partition coefficient (Wildman–Crippen LogP) is 2.50. The average Bonchev–Trinajstić information content (AvgIpc) is 2.77. The second-order valence-corrected chi connectivity index (χ2v) is 4.85. The summed E-state index contributed by atoms with van der Waals surface area (Å²) in [6, 6.07) is 8.43. The predicted molar refractivity (Wildman–Crippen MR) is 74.3 cm³/mol. The molecule has 0 radical (unpaired) electrons. The Morgan fingerprint density at radius 1 is 1.39 bits per heavy atom. The zero-order valence-corrected chi connectivity index (χ0v) is 11.5. The van der Waals surface area contributed by atoms with Crippen LogP contribution in [0.1, 0.15) is 17.0 Å². The van der Waals surface area contributed by atoms with Gasteiger partial charge in [0.05, 0.1) is 6.61 Å². The number of ether oxygens (including phenoxy) is 1. The van der Waals surface area contributed by atoms with E-state index >= 15 is 0 Å². The molecule has 0 aliphatic carbocycles. The van der Waals surface area contributed by atoms with E-state index in [0.717, 1.165) is 23.9 Å². The summed E-state index contributed by atoms with van der Waals surface area (Å²) in [5, 5.41) is 4.04. The normalized spacial score (nSPS) is 10.6. The molecule has 0 aliphatic rings. The van der Waals surface area contributed by atoms with Crippen LogP contribution in [0, 0.1) is 6.92 Å². The minimum Gasteiger partial charge on any atom is -0.383 e. The quantitative estimate of drug-likeness (QED) is 0.813. The van der Waals surface area contributed by atoms with Gasteiger partial charge in [-0.1, -0.05) is 29.8 Å². The lowest BCUT2D eigenvalue weighted by Crippen LogP contribution is -2.07. The molecular weight excluding hydrogens is 246 g/mol. The highest BCUT2D eigenvalue weighted by atomic mass is 32.1. The van der Waals surface area contributed by atoms with Gasteiger partial charge in [-0.25, -0.2) is 4.98 Å². The molecule has 0 unspecified atom stereocenters. The molecule has 1 heterocycles. The number of benzene rings is 1. The summed E-state index contributed by atoms with van der Waals surface area (Å²) in [6.07, 6.45) is 0.782. The molecule has 0 aliphatic heterocycles. The highest BCUT2D eigenvalue weighted by Crippen LogP contribution is 2.14. The van der Waals surface area contributed by atoms with Gasteiger partial charge in [0.15, 0.2) is 0 Å². The van der Waals surface area contributed by atoms with Gasteiger partial charge in [0.1, 0.15) is 5.82 Å². The van der Waals surface area contributed by atoms with E-state index in [9.17, 15) is 0 Å². The lowest BCUT2D eigenvalue weighted by atomic mass is 10.1. The van der Waals surface area contributed by atoms with Gasteiger partial charge < -0.3 is 10.1 Å². The van der Waals surface area contributed by atoms with Crippen LogP contribution in [0.2, 0.25) is 0 Å². The van der Waals surface area contributed by atoms with Crippen LogP contribution in [0.15, 0.2) is 24.3 Å². The van der Waals surface area contributed by atoms with Crippen LogP contribution in [0.4, 0.5) is 5.13 Å². The monoisotopic (exact) mass is 263 g/mol. The number of aryl methyl sites for hydroxylation is 1. The van der Waals surface area contributed by atoms with Crippen molar-refractivity contribution in [2.24, 2.45) is 0 Å². The first-order valence-electron chi connectivity index (χ1n) is 5.89. The summed E-state index contributed by atoms with van der Waals surface area (Å²) < 4.78 is 9.32. The molecule has 0 amide bonds. The molecule has 4 nitrogen and oxygen atoms in total. The van der Waals surface area contributed by atoms with E-state index in [-0.39, 0.29) is 0 Å². The van der Waals surface area contributed by atoms with Crippen molar-refractivity contribution in [1.82, 2.24) is 9.36 Å². The number of hydrogen-bond acceptors (Lipinski definition) is 5. The Balaban J connectivity index is 1.94. The number of hydrogen-bond donors (Lipinski definition) is 1. The van der Waals surface area contributed by atoms with Crippen LogP contribution in [0.5, 0.6) is 0 Å². The van der Waals surface area contributed by atoms with Crippen LogP contribution in [0.3, 0.4) is 0 Å². The molecule has 0 saturated carbocycles. The first-order chi connectivity index (χ1) is 8.78. The molecule has 0 atom stereocenters. The van der Waals surface area contributed by atoms with Crippen LogP contribution in [-0.2, 0) is 11.2 Å². The molecule has 0 saturated heterocycles. The second kappa shape index (κ2) is 6.47. The molecule has 0 fully saturated rings. The Morgan fingerprint density at radius 3 is 3.06 bits per heavy atom. The standard InChI is InChI=1S/C13H17N3OS/c1-10-4-3-5-11(8-10)9-12-15-13(18-16-12)14-6-7-17-2/h3-5,8H,6-7,9H2,1-2H3,(H,14,15,16). The van der Waals surface area contributed by atoms with Crippen molar-refractivity contribution in [3.63, 3.8) is 0 Å². The number of methoxy groups -OCH3 is 1. The van der Waals surface area contributed by atoms with Gasteiger partial charge in [-0.15, -0.1) is 0 Å². The zero-order valence-electron chi connectivity index (χ0n) is 10.6. The Hall–Kier alpha value is -1.46. The van der Waals surface area contributed by atoms with Gasteiger partial charge in [-0.2, -0.15) is 4.37 Å². The fraction of sp³-hybridized carbons (Fsp3) is 0.385. The smallest absolute Gasteiger partial charge is 0.202 e. The van der Waals surface area contributed by atoms with Gasteiger partial charge in [-0.05, 0) is 12.5 Å². The van der Waals surface area contributed by atoms with Gasteiger partial charge in [0, 0.05) is 31.6 Å². The molecule has 1 aromatic carbocycles. The summed E-state index contributed by atoms with van der Waals surface area (Å²) in [5.41, 5.74) is 2.51. The van der Waals surface area contributed by atoms with E-state index in [1.54, 1.807) is 7.11 Å². The molecule has 0 bridgehead atoms. The van der Waals surface area contributed by atoms with E-state index in [4.69, 9.17) is 4.74 Å². The highest BCUT2D eigenvalue weighted by Gasteiger charge is 2.04. The lowest BCUT2D eigenvalue weighted by Gasteiger charge is -2.00. The van der Waals surface area contributed by atoms with Crippen molar-refractivity contribution >= 4 is 16.7 Å². The van der Waals surface area contributed by atoms with Gasteiger partial charge in [-0.3, -0.25) is 0 Å². The Morgan fingerprint density at radius 2 is 2.28 bits per heavy atom. The summed E-state index contributed by atoms with van der Waals surface area (Å²) >= 11 is 1.40. The SMILES string of the molecule is COCCNc1nc(Cc2cccc(C)c2)ns1. The lowest BCUT2D eigenvalue weighted by molar-refractivity contribution is 0.211. The number of nitrogens with zero attached hydrogens (tertiary/aromatic N) is 2. The van der Waals surface area contributed by atoms with E-state index in [2.05, 4.69) is 45.9 Å². The van der Waals surface area contributed by atoms with Crippen molar-refractivity contribution < 1.29 is 4.74 Å². The number of nitrogens with one attached hydrogen (secondary N) is 1. The summed E-state index contributed by atoms with van der Waals surface area (Å²) in [7, 11) is 1.69. The van der Waals surface area contributed by atoms with E-state index in [0.29, 0.717) is 6.61 Å². The highest BCUT2D eigenvalue weighted by molar-refractivity contribution is 7.09.